The van der Waals surface area contributed by atoms with Crippen molar-refractivity contribution in [1.29, 1.82) is 0 Å². The van der Waals surface area contributed by atoms with Crippen LogP contribution < -0.4 is 5.73 Å². The number of halogens is 2. The van der Waals surface area contributed by atoms with Gasteiger partial charge < -0.3 is 10.8 Å². The third-order valence-electron chi connectivity index (χ3n) is 3.61. The van der Waals surface area contributed by atoms with Gasteiger partial charge in [-0.1, -0.05) is 12.1 Å². The summed E-state index contributed by atoms with van der Waals surface area (Å²) < 4.78 is 22.9. The molecule has 8 heteroatoms. The summed E-state index contributed by atoms with van der Waals surface area (Å²) in [6, 6.07) is 7.09. The normalized spacial score (nSPS) is 21.4. The molecule has 2 rings (SSSR count). The molecule has 21 heavy (non-hydrogen) atoms. The lowest BCUT2D eigenvalue weighted by atomic mass is 10.1. The molecule has 3 N–H and O–H groups in total. The van der Waals surface area contributed by atoms with E-state index >= 15 is 0 Å². The maximum Gasteiger partial charge on any atom is 0.151 e. The first-order chi connectivity index (χ1) is 8.87. The molecule has 1 saturated heterocycles. The number of rotatable bonds is 4. The second kappa shape index (κ2) is 8.19. The highest BCUT2D eigenvalue weighted by Gasteiger charge is 2.31. The first-order valence-corrected chi connectivity index (χ1v) is 8.14. The fourth-order valence-electron chi connectivity index (χ4n) is 2.37. The summed E-state index contributed by atoms with van der Waals surface area (Å²) in [6.07, 6.45) is 0.0155. The van der Waals surface area contributed by atoms with Crippen molar-refractivity contribution in [3.63, 3.8) is 0 Å². The van der Waals surface area contributed by atoms with Crippen LogP contribution in [0.4, 0.5) is 5.69 Å². The summed E-state index contributed by atoms with van der Waals surface area (Å²) in [7, 11) is -1.03. The molecule has 5 nitrogen and oxygen atoms in total. The molecule has 2 atom stereocenters. The molecule has 0 bridgehead atoms. The highest BCUT2D eigenvalue weighted by atomic mass is 35.5. The third kappa shape index (κ3) is 5.64. The molecule has 0 aromatic heterocycles. The maximum atomic E-state index is 11.4. The molecule has 0 radical (unpaired) electrons. The van der Waals surface area contributed by atoms with Crippen LogP contribution in [0.5, 0.6) is 0 Å². The van der Waals surface area contributed by atoms with Crippen molar-refractivity contribution in [2.75, 3.05) is 30.8 Å². The van der Waals surface area contributed by atoms with Crippen LogP contribution in [0.25, 0.3) is 0 Å². The number of hydrogen-bond acceptors (Lipinski definition) is 5. The number of sulfone groups is 1. The summed E-state index contributed by atoms with van der Waals surface area (Å²) in [6.45, 7) is 0.421. The number of nitrogens with zero attached hydrogens (tertiary/aromatic N) is 1. The fraction of sp³-hybridized carbons (Fsp3) is 0.538. The Kier molecular flexibility index (Phi) is 7.99. The number of nitrogens with two attached hydrogens (primary N) is 1. The Hall–Kier alpha value is -0.530. The zero-order chi connectivity index (χ0) is 14.0. The first kappa shape index (κ1) is 20.5. The van der Waals surface area contributed by atoms with Gasteiger partial charge in [-0.2, -0.15) is 0 Å². The molecule has 1 aliphatic heterocycles. The van der Waals surface area contributed by atoms with Crippen molar-refractivity contribution in [3.05, 3.63) is 29.8 Å². The summed E-state index contributed by atoms with van der Waals surface area (Å²) in [5.74, 6) is 0.442. The second-order valence-electron chi connectivity index (χ2n) is 5.18. The lowest BCUT2D eigenvalue weighted by Gasteiger charge is -2.25. The Morgan fingerprint density at radius 2 is 1.90 bits per heavy atom. The van der Waals surface area contributed by atoms with Crippen LogP contribution in [0.15, 0.2) is 24.3 Å². The molecule has 1 heterocycles. The summed E-state index contributed by atoms with van der Waals surface area (Å²) in [4.78, 5) is 1.92. The van der Waals surface area contributed by atoms with Gasteiger partial charge in [0.15, 0.2) is 9.84 Å². The fourth-order valence-corrected chi connectivity index (χ4v) is 4.17. The van der Waals surface area contributed by atoms with Gasteiger partial charge in [0.05, 0.1) is 17.6 Å². The van der Waals surface area contributed by atoms with Crippen molar-refractivity contribution in [1.82, 2.24) is 4.90 Å². The summed E-state index contributed by atoms with van der Waals surface area (Å²) in [5, 5.41) is 10.1. The van der Waals surface area contributed by atoms with Crippen molar-refractivity contribution in [2.45, 2.75) is 18.6 Å². The molecule has 1 aliphatic rings. The summed E-state index contributed by atoms with van der Waals surface area (Å²) >= 11 is 0. The maximum absolute atomic E-state index is 11.4. The van der Waals surface area contributed by atoms with Crippen LogP contribution in [-0.4, -0.2) is 49.6 Å². The lowest BCUT2D eigenvalue weighted by Crippen LogP contribution is -2.35. The van der Waals surface area contributed by atoms with E-state index in [1.165, 1.54) is 0 Å². The van der Waals surface area contributed by atoms with Crippen molar-refractivity contribution < 1.29 is 13.5 Å². The summed E-state index contributed by atoms with van der Waals surface area (Å²) in [5.41, 5.74) is 7.05. The van der Waals surface area contributed by atoms with E-state index in [2.05, 4.69) is 0 Å². The Bertz CT molecular complexity index is 537. The van der Waals surface area contributed by atoms with E-state index in [0.29, 0.717) is 18.7 Å². The number of nitrogen functional groups attached to an aromatic ring is 1. The van der Waals surface area contributed by atoms with Gasteiger partial charge in [-0.3, -0.25) is 4.90 Å². The molecule has 122 valence electrons. The number of benzene rings is 1. The Balaban J connectivity index is 0.00000200. The molecule has 0 spiro atoms. The average molecular weight is 357 g/mol. The molecule has 0 aliphatic carbocycles. The minimum absolute atomic E-state index is 0. The number of hydrogen-bond donors (Lipinski definition) is 2. The third-order valence-corrected chi connectivity index (χ3v) is 5.36. The van der Waals surface area contributed by atoms with Gasteiger partial charge in [0, 0.05) is 18.3 Å². The van der Waals surface area contributed by atoms with E-state index in [1.807, 2.05) is 11.9 Å². The van der Waals surface area contributed by atoms with Gasteiger partial charge in [0.25, 0.3) is 0 Å². The van der Waals surface area contributed by atoms with E-state index in [0.717, 1.165) is 5.56 Å². The topological polar surface area (TPSA) is 83.6 Å². The molecule has 2 unspecified atom stereocenters. The zero-order valence-corrected chi connectivity index (χ0v) is 14.3. The standard InChI is InChI=1S/C13H20N2O3S.2ClH/c1-15(12-6-7-19(17,18)9-12)8-13(16)10-2-4-11(14)5-3-10;;/h2-5,12-13,16H,6-9,14H2,1H3;2*1H. The molecule has 1 fully saturated rings. The monoisotopic (exact) mass is 356 g/mol. The van der Waals surface area contributed by atoms with E-state index in [4.69, 9.17) is 5.73 Å². The van der Waals surface area contributed by atoms with Crippen LogP contribution in [-0.2, 0) is 9.84 Å². The Morgan fingerprint density at radius 1 is 1.33 bits per heavy atom. The second-order valence-corrected chi connectivity index (χ2v) is 7.41. The Labute approximate surface area is 138 Å². The number of likely N-dealkylation sites (N-methyl/N-ethyl adjacent to an activating group) is 1. The van der Waals surface area contributed by atoms with Crippen molar-refractivity contribution in [3.8, 4) is 0 Å². The minimum atomic E-state index is -2.89. The SMILES string of the molecule is CN(CC(O)c1ccc(N)cc1)C1CCS(=O)(=O)C1.Cl.Cl. The predicted molar refractivity (Wildman–Crippen MR) is 90.0 cm³/mol. The quantitative estimate of drug-likeness (QED) is 0.793. The van der Waals surface area contributed by atoms with Gasteiger partial charge in [0.1, 0.15) is 0 Å². The number of anilines is 1. The van der Waals surface area contributed by atoms with Crippen LogP contribution in [0, 0.1) is 0 Å². The molecule has 1 aromatic rings. The average Bonchev–Trinajstić information content (AvgIpc) is 2.70. The molecular weight excluding hydrogens is 335 g/mol. The van der Waals surface area contributed by atoms with Crippen molar-refractivity contribution >= 4 is 40.3 Å². The Morgan fingerprint density at radius 3 is 2.38 bits per heavy atom. The molecule has 0 saturated carbocycles. The number of aliphatic hydroxyl groups is 1. The largest absolute Gasteiger partial charge is 0.399 e. The zero-order valence-electron chi connectivity index (χ0n) is 11.8. The van der Waals surface area contributed by atoms with Gasteiger partial charge in [-0.05, 0) is 31.2 Å². The van der Waals surface area contributed by atoms with Crippen LogP contribution in [0.2, 0.25) is 0 Å². The molecule has 1 aromatic carbocycles. The minimum Gasteiger partial charge on any atom is -0.399 e. The smallest absolute Gasteiger partial charge is 0.151 e. The van der Waals surface area contributed by atoms with E-state index in [9.17, 15) is 13.5 Å². The van der Waals surface area contributed by atoms with Gasteiger partial charge >= 0.3 is 0 Å². The van der Waals surface area contributed by atoms with Crippen molar-refractivity contribution in [2.24, 2.45) is 0 Å². The predicted octanol–water partition coefficient (Wildman–Crippen LogP) is 1.26. The van der Waals surface area contributed by atoms with E-state index < -0.39 is 15.9 Å². The van der Waals surface area contributed by atoms with E-state index in [-0.39, 0.29) is 42.4 Å². The first-order valence-electron chi connectivity index (χ1n) is 6.31. The van der Waals surface area contributed by atoms with Crippen LogP contribution in [0.3, 0.4) is 0 Å². The number of aliphatic hydroxyl groups excluding tert-OH is 1. The lowest BCUT2D eigenvalue weighted by molar-refractivity contribution is 0.110. The van der Waals surface area contributed by atoms with Crippen LogP contribution in [0.1, 0.15) is 18.1 Å². The van der Waals surface area contributed by atoms with E-state index in [1.54, 1.807) is 24.3 Å². The van der Waals surface area contributed by atoms with Gasteiger partial charge in [0.2, 0.25) is 0 Å². The molecular formula is C13H22Cl2N2O3S. The van der Waals surface area contributed by atoms with Crippen LogP contribution >= 0.6 is 24.8 Å². The highest BCUT2D eigenvalue weighted by molar-refractivity contribution is 7.91. The van der Waals surface area contributed by atoms with Gasteiger partial charge in [-0.15, -0.1) is 24.8 Å². The van der Waals surface area contributed by atoms with Gasteiger partial charge in [-0.25, -0.2) is 8.42 Å². The molecule has 0 amide bonds. The highest BCUT2D eigenvalue weighted by Crippen LogP contribution is 2.20.